The van der Waals surface area contributed by atoms with Gasteiger partial charge in [0.1, 0.15) is 6.61 Å². The van der Waals surface area contributed by atoms with Crippen molar-refractivity contribution in [2.75, 3.05) is 13.2 Å². The van der Waals surface area contributed by atoms with E-state index in [1.54, 1.807) is 13.8 Å². The lowest BCUT2D eigenvalue weighted by molar-refractivity contribution is -0.147. The Morgan fingerprint density at radius 2 is 1.49 bits per heavy atom. The minimum atomic E-state index is -1.23. The molecular weight excluding hydrogens is 496 g/mol. The molecule has 3 aromatic rings. The number of hydrogen-bond acceptors (Lipinski definition) is 5. The van der Waals surface area contributed by atoms with Gasteiger partial charge in [0, 0.05) is 12.5 Å². The molecule has 0 spiro atoms. The van der Waals surface area contributed by atoms with E-state index >= 15 is 0 Å². The highest BCUT2D eigenvalue weighted by Crippen LogP contribution is 2.44. The molecule has 0 radical (unpaired) electrons. The Morgan fingerprint density at radius 1 is 0.897 bits per heavy atom. The van der Waals surface area contributed by atoms with Crippen molar-refractivity contribution in [2.24, 2.45) is 5.92 Å². The predicted octanol–water partition coefficient (Wildman–Crippen LogP) is 4.73. The van der Waals surface area contributed by atoms with E-state index in [9.17, 15) is 19.5 Å². The highest BCUT2D eigenvalue weighted by molar-refractivity contribution is 5.86. The maximum absolute atomic E-state index is 12.9. The van der Waals surface area contributed by atoms with Crippen LogP contribution in [0.15, 0.2) is 78.9 Å². The Labute approximate surface area is 228 Å². The van der Waals surface area contributed by atoms with E-state index in [0.29, 0.717) is 6.42 Å². The zero-order valence-electron chi connectivity index (χ0n) is 22.1. The normalized spacial score (nSPS) is 14.4. The van der Waals surface area contributed by atoms with Crippen LogP contribution in [-0.4, -0.2) is 48.4 Å². The summed E-state index contributed by atoms with van der Waals surface area (Å²) in [4.78, 5) is 37.3. The maximum Gasteiger partial charge on any atom is 0.407 e. The predicted molar refractivity (Wildman–Crippen MR) is 147 cm³/mol. The van der Waals surface area contributed by atoms with E-state index in [1.165, 1.54) is 0 Å². The molecule has 3 aromatic carbocycles. The monoisotopic (exact) mass is 530 g/mol. The fourth-order valence-corrected chi connectivity index (χ4v) is 4.83. The summed E-state index contributed by atoms with van der Waals surface area (Å²) in [6, 6.07) is 24.3. The number of carboxylic acid groups (broad SMARTS) is 1. The van der Waals surface area contributed by atoms with Gasteiger partial charge >= 0.3 is 12.1 Å². The number of alkyl carbamates (subject to hydrolysis) is 1. The molecule has 3 N–H and O–H groups in total. The van der Waals surface area contributed by atoms with Gasteiger partial charge in [-0.15, -0.1) is 0 Å². The summed E-state index contributed by atoms with van der Waals surface area (Å²) < 4.78 is 11.3. The van der Waals surface area contributed by atoms with Gasteiger partial charge < -0.3 is 25.2 Å². The van der Waals surface area contributed by atoms with Crippen LogP contribution >= 0.6 is 0 Å². The lowest BCUT2D eigenvalue weighted by Gasteiger charge is -2.24. The van der Waals surface area contributed by atoms with Crippen LogP contribution in [0, 0.1) is 5.92 Å². The van der Waals surface area contributed by atoms with Gasteiger partial charge in [-0.3, -0.25) is 4.79 Å². The molecule has 204 valence electrons. The number of fused-ring (bicyclic) bond motifs is 3. The summed E-state index contributed by atoms with van der Waals surface area (Å²) in [5.74, 6) is -2.36. The standard InChI is InChI=1S/C31H34N2O6/c1-3-22(29(34)33-28(30(35)36)20(2)38-18-21-11-5-4-6-12-21)17-32-31(37)39-19-27-25-15-9-7-13-23(25)24-14-8-10-16-26(24)27/h4-16,20,22,27-28H,3,17-19H2,1-2H3,(H,32,37)(H,33,34)(H,35,36)/t20-,22?,28+/m1/s1. The second-order valence-corrected chi connectivity index (χ2v) is 9.64. The summed E-state index contributed by atoms with van der Waals surface area (Å²) in [7, 11) is 0. The molecule has 2 amide bonds. The molecule has 0 saturated carbocycles. The number of hydrogen-bond donors (Lipinski definition) is 3. The summed E-state index contributed by atoms with van der Waals surface area (Å²) in [6.07, 6.45) is -0.988. The highest BCUT2D eigenvalue weighted by atomic mass is 16.5. The number of carbonyl (C=O) groups excluding carboxylic acids is 2. The van der Waals surface area contributed by atoms with Crippen LogP contribution in [0.3, 0.4) is 0 Å². The van der Waals surface area contributed by atoms with Crippen molar-refractivity contribution in [2.45, 2.75) is 44.9 Å². The molecule has 1 unspecified atom stereocenters. The van der Waals surface area contributed by atoms with Gasteiger partial charge in [-0.25, -0.2) is 9.59 Å². The average Bonchev–Trinajstić information content (AvgIpc) is 3.27. The van der Waals surface area contributed by atoms with Crippen molar-refractivity contribution < 1.29 is 29.0 Å². The van der Waals surface area contributed by atoms with Crippen LogP contribution in [-0.2, 0) is 25.7 Å². The molecule has 8 heteroatoms. The molecule has 0 bridgehead atoms. The Balaban J connectivity index is 1.28. The molecular formula is C31H34N2O6. The minimum Gasteiger partial charge on any atom is -0.480 e. The Bertz CT molecular complexity index is 1250. The molecule has 1 aliphatic rings. The lowest BCUT2D eigenvalue weighted by Crippen LogP contribution is -2.51. The van der Waals surface area contributed by atoms with Gasteiger partial charge in [0.2, 0.25) is 5.91 Å². The number of carboxylic acids is 1. The summed E-state index contributed by atoms with van der Waals surface area (Å²) in [5, 5.41) is 14.9. The largest absolute Gasteiger partial charge is 0.480 e. The fraction of sp³-hybridized carbons (Fsp3) is 0.323. The number of aliphatic carboxylic acids is 1. The van der Waals surface area contributed by atoms with Crippen molar-refractivity contribution in [1.29, 1.82) is 0 Å². The van der Waals surface area contributed by atoms with E-state index in [0.717, 1.165) is 27.8 Å². The second kappa shape index (κ2) is 13.1. The third-order valence-electron chi connectivity index (χ3n) is 7.09. The first kappa shape index (κ1) is 27.9. The number of benzene rings is 3. The molecule has 4 rings (SSSR count). The van der Waals surface area contributed by atoms with Crippen molar-refractivity contribution in [1.82, 2.24) is 10.6 Å². The number of carbonyl (C=O) groups is 3. The van der Waals surface area contributed by atoms with Crippen LogP contribution in [0.2, 0.25) is 0 Å². The SMILES string of the molecule is CCC(CNC(=O)OCC1c2ccccc2-c2ccccc21)C(=O)N[C@H](C(=O)O)[C@@H](C)OCc1ccccc1. The van der Waals surface area contributed by atoms with Gasteiger partial charge in [0.25, 0.3) is 0 Å². The van der Waals surface area contributed by atoms with E-state index in [-0.39, 0.29) is 25.7 Å². The van der Waals surface area contributed by atoms with E-state index in [4.69, 9.17) is 9.47 Å². The topological polar surface area (TPSA) is 114 Å². The molecule has 1 aliphatic carbocycles. The fourth-order valence-electron chi connectivity index (χ4n) is 4.83. The molecule has 0 saturated heterocycles. The summed E-state index contributed by atoms with van der Waals surface area (Å²) in [6.45, 7) is 3.82. The number of rotatable bonds is 12. The minimum absolute atomic E-state index is 0.0185. The Morgan fingerprint density at radius 3 is 2.08 bits per heavy atom. The number of amides is 2. The van der Waals surface area contributed by atoms with E-state index in [2.05, 4.69) is 22.8 Å². The lowest BCUT2D eigenvalue weighted by atomic mass is 9.98. The van der Waals surface area contributed by atoms with Gasteiger partial charge in [-0.1, -0.05) is 85.8 Å². The highest BCUT2D eigenvalue weighted by Gasteiger charge is 2.31. The van der Waals surface area contributed by atoms with Crippen molar-refractivity contribution >= 4 is 18.0 Å². The van der Waals surface area contributed by atoms with Crippen LogP contribution in [0.4, 0.5) is 4.79 Å². The van der Waals surface area contributed by atoms with Crippen LogP contribution in [0.25, 0.3) is 11.1 Å². The third-order valence-corrected chi connectivity index (χ3v) is 7.09. The second-order valence-electron chi connectivity index (χ2n) is 9.64. The number of ether oxygens (including phenoxy) is 2. The molecule has 8 nitrogen and oxygen atoms in total. The third kappa shape index (κ3) is 6.83. The van der Waals surface area contributed by atoms with Crippen molar-refractivity contribution in [3.63, 3.8) is 0 Å². The molecule has 0 aromatic heterocycles. The van der Waals surface area contributed by atoms with Crippen LogP contribution in [0.5, 0.6) is 0 Å². The van der Waals surface area contributed by atoms with Gasteiger partial charge in [0.15, 0.2) is 6.04 Å². The molecule has 0 heterocycles. The van der Waals surface area contributed by atoms with Gasteiger partial charge in [-0.2, -0.15) is 0 Å². The number of nitrogens with one attached hydrogen (secondary N) is 2. The van der Waals surface area contributed by atoms with Crippen molar-refractivity contribution in [3.8, 4) is 11.1 Å². The average molecular weight is 531 g/mol. The molecule has 39 heavy (non-hydrogen) atoms. The zero-order chi connectivity index (χ0) is 27.8. The summed E-state index contributed by atoms with van der Waals surface area (Å²) >= 11 is 0. The molecule has 0 aliphatic heterocycles. The summed E-state index contributed by atoms with van der Waals surface area (Å²) in [5.41, 5.74) is 5.40. The molecule has 0 fully saturated rings. The van der Waals surface area contributed by atoms with Crippen molar-refractivity contribution in [3.05, 3.63) is 95.6 Å². The Kier molecular flexibility index (Phi) is 9.33. The quantitative estimate of drug-likeness (QED) is 0.312. The first-order valence-electron chi connectivity index (χ1n) is 13.2. The van der Waals surface area contributed by atoms with Crippen LogP contribution in [0.1, 0.15) is 42.9 Å². The Hall–Kier alpha value is -4.17. The first-order chi connectivity index (χ1) is 18.9. The maximum atomic E-state index is 12.9. The zero-order valence-corrected chi connectivity index (χ0v) is 22.1. The van der Waals surface area contributed by atoms with Gasteiger partial charge in [0.05, 0.1) is 18.6 Å². The van der Waals surface area contributed by atoms with Gasteiger partial charge in [-0.05, 0) is 41.2 Å². The smallest absolute Gasteiger partial charge is 0.407 e. The van der Waals surface area contributed by atoms with E-state index < -0.39 is 36.0 Å². The van der Waals surface area contributed by atoms with E-state index in [1.807, 2.05) is 66.7 Å². The van der Waals surface area contributed by atoms with Crippen LogP contribution < -0.4 is 10.6 Å². The molecule has 3 atom stereocenters. The first-order valence-corrected chi connectivity index (χ1v) is 13.2.